The molecule has 0 aromatic carbocycles. The monoisotopic (exact) mass is 383 g/mol. The highest BCUT2D eigenvalue weighted by Gasteiger charge is 2.19. The topological polar surface area (TPSA) is 133 Å². The first-order valence-electron chi connectivity index (χ1n) is 6.04. The van der Waals surface area contributed by atoms with Gasteiger partial charge in [0.25, 0.3) is 30.4 Å². The third-order valence-corrected chi connectivity index (χ3v) is 6.31. The minimum atomic E-state index is -3.74. The molecule has 0 radical (unpaired) electrons. The zero-order valence-electron chi connectivity index (χ0n) is 12.6. The summed E-state index contributed by atoms with van der Waals surface area (Å²) in [6.45, 7) is -0.266. The minimum Gasteiger partial charge on any atom is -0.300 e. The molecule has 0 bridgehead atoms. The van der Waals surface area contributed by atoms with Gasteiger partial charge in [0.15, 0.2) is 0 Å². The summed E-state index contributed by atoms with van der Waals surface area (Å²) in [4.78, 5) is 1.36. The Bertz CT molecular complexity index is 533. The van der Waals surface area contributed by atoms with Crippen LogP contribution in [0.25, 0.3) is 0 Å². The summed E-state index contributed by atoms with van der Waals surface area (Å²) in [6.07, 6.45) is 0. The summed E-state index contributed by atoms with van der Waals surface area (Å²) < 4.78 is 80.5. The van der Waals surface area contributed by atoms with E-state index in [-0.39, 0.29) is 19.6 Å². The van der Waals surface area contributed by atoms with Crippen molar-refractivity contribution in [3.05, 3.63) is 0 Å². The van der Waals surface area contributed by atoms with E-state index in [1.54, 1.807) is 0 Å². The maximum Gasteiger partial charge on any atom is 0.268 e. The summed E-state index contributed by atoms with van der Waals surface area (Å²) >= 11 is 0. The van der Waals surface area contributed by atoms with E-state index in [1.165, 1.54) is 4.90 Å². The van der Waals surface area contributed by atoms with E-state index in [4.69, 9.17) is 0 Å². The molecule has 22 heavy (non-hydrogen) atoms. The minimum absolute atomic E-state index is 0.0886. The van der Waals surface area contributed by atoms with Gasteiger partial charge < -0.3 is 4.90 Å². The highest BCUT2D eigenvalue weighted by atomic mass is 32.2. The van der Waals surface area contributed by atoms with Crippen molar-refractivity contribution in [3.63, 3.8) is 0 Å². The Morgan fingerprint density at radius 1 is 0.591 bits per heavy atom. The van der Waals surface area contributed by atoms with Crippen molar-refractivity contribution in [2.45, 2.75) is 0 Å². The van der Waals surface area contributed by atoms with Crippen molar-refractivity contribution in [1.29, 1.82) is 0 Å². The smallest absolute Gasteiger partial charge is 0.268 e. The van der Waals surface area contributed by atoms with E-state index in [9.17, 15) is 25.3 Å². The number of rotatable bonds is 12. The zero-order valence-corrected chi connectivity index (χ0v) is 15.0. The van der Waals surface area contributed by atoms with Crippen LogP contribution in [0.2, 0.25) is 0 Å². The molecule has 0 aliphatic rings. The van der Waals surface area contributed by atoms with Gasteiger partial charge in [-0.3, -0.25) is 12.5 Å². The fourth-order valence-electron chi connectivity index (χ4n) is 1.31. The predicted octanol–water partition coefficient (Wildman–Crippen LogP) is -1.78. The first-order valence-corrected chi connectivity index (χ1v) is 10.8. The molecule has 134 valence electrons. The van der Waals surface area contributed by atoms with Gasteiger partial charge >= 0.3 is 0 Å². The second-order valence-electron chi connectivity index (χ2n) is 4.13. The molecular formula is C9H21NO9S3. The summed E-state index contributed by atoms with van der Waals surface area (Å²) in [5.74, 6) is -1.20. The first kappa shape index (κ1) is 21.7. The van der Waals surface area contributed by atoms with Crippen molar-refractivity contribution in [2.24, 2.45) is 0 Å². The van der Waals surface area contributed by atoms with Gasteiger partial charge in [-0.1, -0.05) is 0 Å². The van der Waals surface area contributed by atoms with Crippen molar-refractivity contribution in [3.8, 4) is 0 Å². The Morgan fingerprint density at radius 3 is 1.00 bits per heavy atom. The van der Waals surface area contributed by atoms with Crippen LogP contribution in [-0.4, -0.2) is 88.4 Å². The van der Waals surface area contributed by atoms with Crippen LogP contribution in [0.15, 0.2) is 0 Å². The van der Waals surface area contributed by atoms with Crippen molar-refractivity contribution in [2.75, 3.05) is 58.2 Å². The van der Waals surface area contributed by atoms with E-state index in [1.807, 2.05) is 0 Å². The van der Waals surface area contributed by atoms with Crippen LogP contribution in [0.1, 0.15) is 0 Å². The fourth-order valence-corrected chi connectivity index (χ4v) is 3.25. The Kier molecular flexibility index (Phi) is 8.97. The molecular weight excluding hydrogens is 362 g/mol. The molecule has 0 aliphatic heterocycles. The molecule has 0 saturated heterocycles. The molecule has 0 heterocycles. The van der Waals surface area contributed by atoms with Gasteiger partial charge in [0.1, 0.15) is 0 Å². The van der Waals surface area contributed by atoms with E-state index in [0.717, 1.165) is 21.3 Å². The fraction of sp³-hybridized carbons (Fsp3) is 1.00. The molecule has 0 spiro atoms. The second kappa shape index (κ2) is 9.10. The van der Waals surface area contributed by atoms with Crippen molar-refractivity contribution in [1.82, 2.24) is 4.90 Å². The molecule has 0 aromatic heterocycles. The summed E-state index contributed by atoms with van der Waals surface area (Å²) in [5.41, 5.74) is 0. The van der Waals surface area contributed by atoms with E-state index in [2.05, 4.69) is 12.5 Å². The van der Waals surface area contributed by atoms with Crippen LogP contribution < -0.4 is 0 Å². The van der Waals surface area contributed by atoms with Crippen molar-refractivity contribution >= 4 is 30.4 Å². The summed E-state index contributed by atoms with van der Waals surface area (Å²) in [7, 11) is -8.20. The Hall–Kier alpha value is -0.310. The lowest BCUT2D eigenvalue weighted by atomic mass is 10.5. The van der Waals surface area contributed by atoms with E-state index >= 15 is 0 Å². The molecule has 0 atom stereocenters. The molecule has 0 amide bonds. The third kappa shape index (κ3) is 9.66. The zero-order chi connectivity index (χ0) is 17.4. The van der Waals surface area contributed by atoms with Crippen LogP contribution in [0.4, 0.5) is 0 Å². The van der Waals surface area contributed by atoms with Gasteiger partial charge in [0, 0.05) is 19.6 Å². The van der Waals surface area contributed by atoms with Crippen LogP contribution >= 0.6 is 0 Å². The Morgan fingerprint density at radius 2 is 0.818 bits per heavy atom. The molecule has 0 rings (SSSR count). The highest BCUT2D eigenvalue weighted by molar-refractivity contribution is 7.87. The summed E-state index contributed by atoms with van der Waals surface area (Å²) in [6, 6.07) is 0. The van der Waals surface area contributed by atoms with Crippen LogP contribution in [-0.2, 0) is 42.9 Å². The van der Waals surface area contributed by atoms with Gasteiger partial charge in [0.05, 0.1) is 38.6 Å². The lowest BCUT2D eigenvalue weighted by molar-refractivity contribution is 0.305. The molecule has 13 heteroatoms. The molecule has 0 unspecified atom stereocenters. The summed E-state index contributed by atoms with van der Waals surface area (Å²) in [5, 5.41) is 0. The number of hydrogen-bond acceptors (Lipinski definition) is 10. The normalized spacial score (nSPS) is 13.6. The van der Waals surface area contributed by atoms with Gasteiger partial charge in [0.2, 0.25) is 0 Å². The standard InChI is InChI=1S/C9H21NO9S3/c1-17-20(11,12)7-4-10(5-8-21(13,14)18-2)6-9-22(15,16)19-3/h4-9H2,1-3H3. The van der Waals surface area contributed by atoms with E-state index < -0.39 is 47.6 Å². The van der Waals surface area contributed by atoms with Crippen LogP contribution in [0, 0.1) is 0 Å². The first-order chi connectivity index (χ1) is 9.97. The lowest BCUT2D eigenvalue weighted by Gasteiger charge is -2.21. The van der Waals surface area contributed by atoms with Gasteiger partial charge in [-0.25, -0.2) is 0 Å². The van der Waals surface area contributed by atoms with Crippen molar-refractivity contribution < 1.29 is 37.8 Å². The third-order valence-electron chi connectivity index (χ3n) is 2.73. The molecule has 0 aliphatic carbocycles. The maximum absolute atomic E-state index is 11.3. The molecule has 0 aromatic rings. The predicted molar refractivity (Wildman–Crippen MR) is 78.8 cm³/mol. The van der Waals surface area contributed by atoms with Crippen LogP contribution in [0.5, 0.6) is 0 Å². The Balaban J connectivity index is 4.76. The highest BCUT2D eigenvalue weighted by Crippen LogP contribution is 2.00. The number of hydrogen-bond donors (Lipinski definition) is 0. The quantitative estimate of drug-likeness (QED) is 0.356. The largest absolute Gasteiger partial charge is 0.300 e. The second-order valence-corrected chi connectivity index (χ2v) is 9.70. The van der Waals surface area contributed by atoms with E-state index in [0.29, 0.717) is 0 Å². The molecule has 10 nitrogen and oxygen atoms in total. The lowest BCUT2D eigenvalue weighted by Crippen LogP contribution is -2.37. The van der Waals surface area contributed by atoms with Gasteiger partial charge in [-0.2, -0.15) is 25.3 Å². The van der Waals surface area contributed by atoms with Gasteiger partial charge in [-0.05, 0) is 0 Å². The average Bonchev–Trinajstić information content (AvgIpc) is 2.46. The van der Waals surface area contributed by atoms with Crippen LogP contribution in [0.3, 0.4) is 0 Å². The molecule has 0 N–H and O–H groups in total. The maximum atomic E-state index is 11.3. The molecule has 0 saturated carbocycles. The van der Waals surface area contributed by atoms with Gasteiger partial charge in [-0.15, -0.1) is 0 Å². The SMILES string of the molecule is COS(=O)(=O)CCN(CCS(=O)(=O)OC)CCS(=O)(=O)OC. The molecule has 0 fully saturated rings. The Labute approximate surface area is 131 Å². The number of nitrogens with zero attached hydrogens (tertiary/aromatic N) is 1. The average molecular weight is 383 g/mol.